The van der Waals surface area contributed by atoms with Crippen molar-refractivity contribution in [1.82, 2.24) is 10.2 Å². The first kappa shape index (κ1) is 20.9. The monoisotopic (exact) mass is 445 g/mol. The number of hydrogen-bond donors (Lipinski definition) is 1. The van der Waals surface area contributed by atoms with E-state index < -0.39 is 0 Å². The molecular weight excluding hydrogens is 426 g/mol. The van der Waals surface area contributed by atoms with E-state index in [4.69, 9.17) is 22.2 Å². The van der Waals surface area contributed by atoms with Gasteiger partial charge in [-0.1, -0.05) is 30.3 Å². The summed E-state index contributed by atoms with van der Waals surface area (Å²) in [5, 5.41) is 11.9. The number of rotatable bonds is 7. The molecule has 1 amide bonds. The summed E-state index contributed by atoms with van der Waals surface area (Å²) in [5.41, 5.74) is 1.52. The molecule has 0 unspecified atom stereocenters. The molecule has 140 valence electrons. The van der Waals surface area contributed by atoms with Gasteiger partial charge in [-0.2, -0.15) is 5.26 Å². The average Bonchev–Trinajstić information content (AvgIpc) is 2.67. The van der Waals surface area contributed by atoms with E-state index in [0.717, 1.165) is 5.56 Å². The van der Waals surface area contributed by atoms with E-state index in [2.05, 4.69) is 27.3 Å². The third-order valence-corrected chi connectivity index (χ3v) is 4.69. The van der Waals surface area contributed by atoms with E-state index >= 15 is 0 Å². The van der Waals surface area contributed by atoms with Crippen LogP contribution < -0.4 is 10.1 Å². The minimum absolute atomic E-state index is 0.295. The van der Waals surface area contributed by atoms with Gasteiger partial charge in [-0.05, 0) is 58.8 Å². The fourth-order valence-corrected chi connectivity index (χ4v) is 3.15. The molecule has 7 heteroatoms. The van der Waals surface area contributed by atoms with Crippen LogP contribution in [0.4, 0.5) is 0 Å². The molecule has 0 radical (unpaired) electrons. The highest BCUT2D eigenvalue weighted by Gasteiger charge is 2.15. The lowest BCUT2D eigenvalue weighted by molar-refractivity contribution is 0.0973. The zero-order chi connectivity index (χ0) is 19.6. The Balaban J connectivity index is 2.08. The van der Waals surface area contributed by atoms with E-state index in [1.165, 1.54) is 0 Å². The minimum Gasteiger partial charge on any atom is -0.493 e. The third-order valence-electron chi connectivity index (χ3n) is 3.71. The van der Waals surface area contributed by atoms with Gasteiger partial charge in [-0.15, -0.1) is 0 Å². The van der Waals surface area contributed by atoms with Crippen LogP contribution >= 0.6 is 28.1 Å². The molecule has 0 bridgehead atoms. The number of carbonyl (C=O) groups excluding carboxylic acids is 1. The Morgan fingerprint density at radius 3 is 2.67 bits per heavy atom. The van der Waals surface area contributed by atoms with Crippen LogP contribution in [0.3, 0.4) is 0 Å². The summed E-state index contributed by atoms with van der Waals surface area (Å²) < 4.78 is 6.16. The number of halogens is 1. The largest absolute Gasteiger partial charge is 0.493 e. The summed E-state index contributed by atoms with van der Waals surface area (Å²) in [4.78, 5) is 14.4. The first-order chi connectivity index (χ1) is 13.0. The van der Waals surface area contributed by atoms with Gasteiger partial charge in [-0.3, -0.25) is 10.1 Å². The molecule has 1 N–H and O–H groups in total. The molecule has 2 aromatic rings. The molecule has 0 saturated carbocycles. The third kappa shape index (κ3) is 6.35. The van der Waals surface area contributed by atoms with E-state index in [1.54, 1.807) is 18.2 Å². The Kier molecular flexibility index (Phi) is 8.24. The maximum Gasteiger partial charge on any atom is 0.257 e. The van der Waals surface area contributed by atoms with E-state index in [1.807, 2.05) is 42.2 Å². The van der Waals surface area contributed by atoms with Crippen molar-refractivity contribution in [2.24, 2.45) is 0 Å². The van der Waals surface area contributed by atoms with Crippen LogP contribution in [0.25, 0.3) is 0 Å². The quantitative estimate of drug-likeness (QED) is 0.644. The van der Waals surface area contributed by atoms with Crippen molar-refractivity contribution < 1.29 is 9.53 Å². The predicted octanol–water partition coefficient (Wildman–Crippen LogP) is 4.28. The van der Waals surface area contributed by atoms with Crippen molar-refractivity contribution in [3.05, 3.63) is 64.1 Å². The molecule has 0 aliphatic carbocycles. The molecule has 0 atom stereocenters. The second kappa shape index (κ2) is 10.7. The molecule has 2 aromatic carbocycles. The Bertz CT molecular complexity index is 837. The normalized spacial score (nSPS) is 9.96. The first-order valence-electron chi connectivity index (χ1n) is 8.48. The van der Waals surface area contributed by atoms with Gasteiger partial charge in [0.1, 0.15) is 5.75 Å². The van der Waals surface area contributed by atoms with Crippen LogP contribution in [0.1, 0.15) is 29.3 Å². The number of carbonyl (C=O) groups is 1. The lowest BCUT2D eigenvalue weighted by Gasteiger charge is -2.24. The molecule has 0 saturated heterocycles. The highest BCUT2D eigenvalue weighted by molar-refractivity contribution is 9.10. The molecule has 0 spiro atoms. The number of nitrogens with one attached hydrogen (secondary N) is 1. The molecular formula is C20H20BrN3O2S. The van der Waals surface area contributed by atoms with Crippen LogP contribution in [-0.4, -0.2) is 29.1 Å². The van der Waals surface area contributed by atoms with E-state index in [9.17, 15) is 4.79 Å². The molecule has 0 aliphatic rings. The lowest BCUT2D eigenvalue weighted by atomic mass is 10.2. The maximum atomic E-state index is 12.6. The lowest BCUT2D eigenvalue weighted by Crippen LogP contribution is -2.42. The van der Waals surface area contributed by atoms with Crippen LogP contribution in [0.5, 0.6) is 5.75 Å². The maximum absolute atomic E-state index is 12.6. The fraction of sp³-hybridized carbons (Fsp3) is 0.250. The van der Waals surface area contributed by atoms with Crippen LogP contribution in [-0.2, 0) is 6.54 Å². The van der Waals surface area contributed by atoms with Crippen molar-refractivity contribution in [2.75, 3.05) is 13.2 Å². The highest BCUT2D eigenvalue weighted by Crippen LogP contribution is 2.26. The Labute approximate surface area is 173 Å². The number of hydrogen-bond acceptors (Lipinski definition) is 4. The second-order valence-electron chi connectivity index (χ2n) is 5.65. The van der Waals surface area contributed by atoms with Crippen LogP contribution in [0.2, 0.25) is 0 Å². The van der Waals surface area contributed by atoms with Crippen LogP contribution in [0, 0.1) is 11.3 Å². The molecule has 0 aliphatic heterocycles. The van der Waals surface area contributed by atoms with Crippen molar-refractivity contribution in [3.8, 4) is 11.8 Å². The van der Waals surface area contributed by atoms with Gasteiger partial charge in [0.15, 0.2) is 5.11 Å². The molecule has 27 heavy (non-hydrogen) atoms. The van der Waals surface area contributed by atoms with Crippen LogP contribution in [0.15, 0.2) is 53.0 Å². The number of amides is 1. The van der Waals surface area contributed by atoms with Gasteiger partial charge in [0.2, 0.25) is 0 Å². The van der Waals surface area contributed by atoms with Gasteiger partial charge < -0.3 is 9.64 Å². The van der Waals surface area contributed by atoms with Crippen molar-refractivity contribution in [1.29, 1.82) is 5.26 Å². The average molecular weight is 446 g/mol. The zero-order valence-electron chi connectivity index (χ0n) is 14.9. The second-order valence-corrected chi connectivity index (χ2v) is 6.89. The van der Waals surface area contributed by atoms with Gasteiger partial charge in [0.25, 0.3) is 5.91 Å². The highest BCUT2D eigenvalue weighted by atomic mass is 79.9. The predicted molar refractivity (Wildman–Crippen MR) is 112 cm³/mol. The molecule has 0 fully saturated rings. The van der Waals surface area contributed by atoms with Crippen molar-refractivity contribution >= 4 is 39.2 Å². The van der Waals surface area contributed by atoms with Crippen molar-refractivity contribution in [3.63, 3.8) is 0 Å². The van der Waals surface area contributed by atoms with Gasteiger partial charge in [0.05, 0.1) is 23.6 Å². The molecule has 5 nitrogen and oxygen atoms in total. The van der Waals surface area contributed by atoms with Gasteiger partial charge >= 0.3 is 0 Å². The smallest absolute Gasteiger partial charge is 0.257 e. The fourth-order valence-electron chi connectivity index (χ4n) is 2.40. The Morgan fingerprint density at radius 1 is 1.30 bits per heavy atom. The standard InChI is InChI=1S/C20H20BrN3O2S/c1-2-26-18-10-9-16(13-17(18)21)19(25)23-20(27)24(12-6-11-22)14-15-7-4-3-5-8-15/h3-5,7-10,13H,2,6,12,14H2,1H3,(H,23,25,27). The van der Waals surface area contributed by atoms with Gasteiger partial charge in [0, 0.05) is 18.7 Å². The zero-order valence-corrected chi connectivity index (χ0v) is 17.3. The Hall–Kier alpha value is -2.43. The summed E-state index contributed by atoms with van der Waals surface area (Å²) in [6, 6.07) is 17.0. The summed E-state index contributed by atoms with van der Waals surface area (Å²) >= 11 is 8.82. The van der Waals surface area contributed by atoms with E-state index in [-0.39, 0.29) is 5.91 Å². The van der Waals surface area contributed by atoms with E-state index in [0.29, 0.717) is 47.0 Å². The number of ether oxygens (including phenoxy) is 1. The summed E-state index contributed by atoms with van der Waals surface area (Å²) in [6.07, 6.45) is 0.317. The minimum atomic E-state index is -0.307. The topological polar surface area (TPSA) is 65.4 Å². The molecule has 0 heterocycles. The summed E-state index contributed by atoms with van der Waals surface area (Å²) in [6.45, 7) is 3.40. The number of thiocarbonyl (C=S) groups is 1. The summed E-state index contributed by atoms with van der Waals surface area (Å²) in [5.74, 6) is 0.370. The molecule has 2 rings (SSSR count). The SMILES string of the molecule is CCOc1ccc(C(=O)NC(=S)N(CCC#N)Cc2ccccc2)cc1Br. The van der Waals surface area contributed by atoms with Gasteiger partial charge in [-0.25, -0.2) is 0 Å². The number of nitriles is 1. The first-order valence-corrected chi connectivity index (χ1v) is 9.68. The summed E-state index contributed by atoms with van der Waals surface area (Å²) in [7, 11) is 0. The molecule has 0 aromatic heterocycles. The number of benzene rings is 2. The Morgan fingerprint density at radius 2 is 2.04 bits per heavy atom. The number of nitrogens with zero attached hydrogens (tertiary/aromatic N) is 2. The van der Waals surface area contributed by atoms with Crippen molar-refractivity contribution in [2.45, 2.75) is 19.9 Å².